The van der Waals surface area contributed by atoms with Crippen LogP contribution < -0.4 is 5.73 Å². The molecule has 0 aliphatic rings. The van der Waals surface area contributed by atoms with Crippen molar-refractivity contribution in [3.63, 3.8) is 0 Å². The van der Waals surface area contributed by atoms with Crippen molar-refractivity contribution in [2.45, 2.75) is 51.7 Å². The second kappa shape index (κ2) is 8.22. The van der Waals surface area contributed by atoms with Gasteiger partial charge in [0.25, 0.3) is 0 Å². The third-order valence-electron chi connectivity index (χ3n) is 2.97. The zero-order valence-corrected chi connectivity index (χ0v) is 11.4. The van der Waals surface area contributed by atoms with Crippen molar-refractivity contribution in [3.05, 3.63) is 35.6 Å². The van der Waals surface area contributed by atoms with E-state index in [1.807, 2.05) is 6.92 Å². The van der Waals surface area contributed by atoms with Crippen LogP contribution in [0.2, 0.25) is 0 Å². The molecule has 0 aliphatic heterocycles. The van der Waals surface area contributed by atoms with Gasteiger partial charge in [0.05, 0.1) is 6.10 Å². The predicted octanol–water partition coefficient (Wildman–Crippen LogP) is 3.81. The largest absolute Gasteiger partial charge is 0.372 e. The van der Waals surface area contributed by atoms with Crippen molar-refractivity contribution >= 4 is 0 Å². The summed E-state index contributed by atoms with van der Waals surface area (Å²) in [5.74, 6) is -0.231. The molecule has 2 unspecified atom stereocenters. The summed E-state index contributed by atoms with van der Waals surface area (Å²) in [6.07, 6.45) is 4.55. The minimum atomic E-state index is -0.231. The molecular formula is C15H24FNO. The van der Waals surface area contributed by atoms with E-state index in [0.717, 1.165) is 12.0 Å². The highest BCUT2D eigenvalue weighted by atomic mass is 19.1. The molecule has 1 aromatic rings. The first-order chi connectivity index (χ1) is 8.65. The van der Waals surface area contributed by atoms with Gasteiger partial charge in [-0.05, 0) is 31.0 Å². The fourth-order valence-corrected chi connectivity index (χ4v) is 1.94. The van der Waals surface area contributed by atoms with Gasteiger partial charge in [-0.1, -0.05) is 38.3 Å². The monoisotopic (exact) mass is 253 g/mol. The lowest BCUT2D eigenvalue weighted by Gasteiger charge is -2.22. The van der Waals surface area contributed by atoms with E-state index in [9.17, 15) is 4.39 Å². The van der Waals surface area contributed by atoms with Crippen molar-refractivity contribution in [2.75, 3.05) is 6.61 Å². The van der Waals surface area contributed by atoms with Gasteiger partial charge in [-0.2, -0.15) is 0 Å². The standard InChI is InChI=1S/C15H24FNO/c1-3-4-5-6-11-18-15(12(2)17)13-7-9-14(16)10-8-13/h7-10,12,15H,3-6,11,17H2,1-2H3. The molecule has 102 valence electrons. The van der Waals surface area contributed by atoms with Crippen LogP contribution in [0.15, 0.2) is 24.3 Å². The lowest BCUT2D eigenvalue weighted by molar-refractivity contribution is 0.0358. The Morgan fingerprint density at radius 2 is 1.83 bits per heavy atom. The van der Waals surface area contributed by atoms with Crippen LogP contribution in [0.3, 0.4) is 0 Å². The van der Waals surface area contributed by atoms with E-state index in [2.05, 4.69) is 6.92 Å². The Kier molecular flexibility index (Phi) is 6.91. The van der Waals surface area contributed by atoms with E-state index < -0.39 is 0 Å². The summed E-state index contributed by atoms with van der Waals surface area (Å²) in [4.78, 5) is 0. The molecule has 2 atom stereocenters. The third kappa shape index (κ3) is 5.15. The average Bonchev–Trinajstić information content (AvgIpc) is 2.35. The van der Waals surface area contributed by atoms with Crippen LogP contribution in [0.4, 0.5) is 4.39 Å². The smallest absolute Gasteiger partial charge is 0.123 e. The number of benzene rings is 1. The first-order valence-corrected chi connectivity index (χ1v) is 6.77. The summed E-state index contributed by atoms with van der Waals surface area (Å²) >= 11 is 0. The van der Waals surface area contributed by atoms with Crippen LogP contribution in [0, 0.1) is 5.82 Å². The molecule has 0 amide bonds. The zero-order valence-electron chi connectivity index (χ0n) is 11.4. The third-order valence-corrected chi connectivity index (χ3v) is 2.97. The normalized spacial score (nSPS) is 14.4. The number of halogens is 1. The number of nitrogens with two attached hydrogens (primary N) is 1. The SMILES string of the molecule is CCCCCCOC(c1ccc(F)cc1)C(C)N. The van der Waals surface area contributed by atoms with Crippen molar-refractivity contribution < 1.29 is 9.13 Å². The fourth-order valence-electron chi connectivity index (χ4n) is 1.94. The lowest BCUT2D eigenvalue weighted by atomic mass is 10.0. The summed E-state index contributed by atoms with van der Waals surface area (Å²) < 4.78 is 18.7. The quantitative estimate of drug-likeness (QED) is 0.715. The van der Waals surface area contributed by atoms with E-state index in [-0.39, 0.29) is 18.0 Å². The number of hydrogen-bond acceptors (Lipinski definition) is 2. The van der Waals surface area contributed by atoms with Crippen LogP contribution >= 0.6 is 0 Å². The summed E-state index contributed by atoms with van der Waals surface area (Å²) in [5.41, 5.74) is 6.88. The molecule has 0 aromatic heterocycles. The van der Waals surface area contributed by atoms with Crippen LogP contribution in [0.25, 0.3) is 0 Å². The van der Waals surface area contributed by atoms with E-state index in [0.29, 0.717) is 6.61 Å². The molecule has 0 saturated heterocycles. The summed E-state index contributed by atoms with van der Waals surface area (Å²) in [6.45, 7) is 4.81. The highest BCUT2D eigenvalue weighted by Crippen LogP contribution is 2.21. The van der Waals surface area contributed by atoms with Crippen molar-refractivity contribution in [2.24, 2.45) is 5.73 Å². The van der Waals surface area contributed by atoms with E-state index in [1.165, 1.54) is 31.4 Å². The van der Waals surface area contributed by atoms with Gasteiger partial charge in [-0.3, -0.25) is 0 Å². The van der Waals surface area contributed by atoms with Gasteiger partial charge >= 0.3 is 0 Å². The Labute approximate surface area is 109 Å². The van der Waals surface area contributed by atoms with Crippen molar-refractivity contribution in [1.82, 2.24) is 0 Å². The van der Waals surface area contributed by atoms with Gasteiger partial charge in [0.1, 0.15) is 5.82 Å². The summed E-state index contributed by atoms with van der Waals surface area (Å²) in [6, 6.07) is 6.29. The maximum atomic E-state index is 12.9. The predicted molar refractivity (Wildman–Crippen MR) is 72.9 cm³/mol. The Morgan fingerprint density at radius 1 is 1.17 bits per heavy atom. The molecule has 0 fully saturated rings. The first kappa shape index (κ1) is 15.1. The first-order valence-electron chi connectivity index (χ1n) is 6.77. The molecule has 2 N–H and O–H groups in total. The van der Waals surface area contributed by atoms with E-state index in [4.69, 9.17) is 10.5 Å². The van der Waals surface area contributed by atoms with Crippen molar-refractivity contribution in [1.29, 1.82) is 0 Å². The Balaban J connectivity index is 2.47. The molecule has 0 aliphatic carbocycles. The molecule has 0 saturated carbocycles. The Hall–Kier alpha value is -0.930. The number of ether oxygens (including phenoxy) is 1. The molecule has 0 radical (unpaired) electrons. The molecule has 3 heteroatoms. The maximum absolute atomic E-state index is 12.9. The number of rotatable bonds is 8. The van der Waals surface area contributed by atoms with Gasteiger partial charge in [-0.25, -0.2) is 4.39 Å². The molecule has 1 rings (SSSR count). The molecule has 18 heavy (non-hydrogen) atoms. The second-order valence-electron chi connectivity index (χ2n) is 4.76. The minimum absolute atomic E-state index is 0.0957. The number of hydrogen-bond donors (Lipinski definition) is 1. The second-order valence-corrected chi connectivity index (χ2v) is 4.76. The van der Waals surface area contributed by atoms with Crippen molar-refractivity contribution in [3.8, 4) is 0 Å². The van der Waals surface area contributed by atoms with Gasteiger partial charge in [-0.15, -0.1) is 0 Å². The maximum Gasteiger partial charge on any atom is 0.123 e. The summed E-state index contributed by atoms with van der Waals surface area (Å²) in [7, 11) is 0. The zero-order chi connectivity index (χ0) is 13.4. The highest BCUT2D eigenvalue weighted by Gasteiger charge is 2.16. The number of unbranched alkanes of at least 4 members (excludes halogenated alkanes) is 3. The van der Waals surface area contributed by atoms with E-state index >= 15 is 0 Å². The highest BCUT2D eigenvalue weighted by molar-refractivity contribution is 5.19. The van der Waals surface area contributed by atoms with Gasteiger partial charge in [0.15, 0.2) is 0 Å². The Morgan fingerprint density at radius 3 is 2.39 bits per heavy atom. The molecular weight excluding hydrogens is 229 g/mol. The molecule has 2 nitrogen and oxygen atoms in total. The Bertz CT molecular complexity index is 324. The topological polar surface area (TPSA) is 35.2 Å². The fraction of sp³-hybridized carbons (Fsp3) is 0.600. The summed E-state index contributed by atoms with van der Waals surface area (Å²) in [5, 5.41) is 0. The molecule has 0 spiro atoms. The molecule has 0 bridgehead atoms. The van der Waals surface area contributed by atoms with Crippen LogP contribution in [0.5, 0.6) is 0 Å². The molecule has 1 aromatic carbocycles. The minimum Gasteiger partial charge on any atom is -0.372 e. The van der Waals surface area contributed by atoms with Gasteiger partial charge in [0.2, 0.25) is 0 Å². The lowest BCUT2D eigenvalue weighted by Crippen LogP contribution is -2.27. The van der Waals surface area contributed by atoms with Crippen LogP contribution in [-0.4, -0.2) is 12.6 Å². The van der Waals surface area contributed by atoms with Crippen LogP contribution in [0.1, 0.15) is 51.2 Å². The van der Waals surface area contributed by atoms with Gasteiger partial charge < -0.3 is 10.5 Å². The van der Waals surface area contributed by atoms with Crippen LogP contribution in [-0.2, 0) is 4.74 Å². The molecule has 0 heterocycles. The van der Waals surface area contributed by atoms with Gasteiger partial charge in [0, 0.05) is 12.6 Å². The van der Waals surface area contributed by atoms with E-state index in [1.54, 1.807) is 12.1 Å². The average molecular weight is 253 g/mol.